The number of hydrogen-bond acceptors (Lipinski definition) is 2. The monoisotopic (exact) mass is 154 g/mol. The van der Waals surface area contributed by atoms with Gasteiger partial charge in [0.2, 0.25) is 0 Å². The van der Waals surface area contributed by atoms with Crippen molar-refractivity contribution in [2.75, 3.05) is 0 Å². The molecule has 0 unspecified atom stereocenters. The van der Waals surface area contributed by atoms with Crippen LogP contribution in [-0.2, 0) is 0 Å². The van der Waals surface area contributed by atoms with Crippen LogP contribution in [0.2, 0.25) is 0 Å². The molecule has 2 heteroatoms. The molecule has 0 spiro atoms. The van der Waals surface area contributed by atoms with Crippen LogP contribution in [-0.4, -0.2) is 0 Å². The van der Waals surface area contributed by atoms with Gasteiger partial charge in [-0.05, 0) is 25.8 Å². The molecule has 0 atom stereocenters. The van der Waals surface area contributed by atoms with Gasteiger partial charge in [-0.3, -0.25) is 0 Å². The first-order chi connectivity index (χ1) is 5.11. The fourth-order valence-electron chi connectivity index (χ4n) is 0.664. The Morgan fingerprint density at radius 1 is 1.18 bits per heavy atom. The molecule has 0 radical (unpaired) electrons. The zero-order valence-electron chi connectivity index (χ0n) is 7.65. The molecule has 0 aromatic carbocycles. The van der Waals surface area contributed by atoms with Crippen molar-refractivity contribution in [2.45, 2.75) is 33.6 Å². The highest BCUT2D eigenvalue weighted by molar-refractivity contribution is 5.23. The standard InChI is InChI=1S/C9H18N2/c1-4-7(3)6-9(11)8(10)5-2/h6H,4-5,10-11H2,1-3H3/b7-6-,9-8-. The summed E-state index contributed by atoms with van der Waals surface area (Å²) in [6.45, 7) is 6.15. The van der Waals surface area contributed by atoms with Crippen molar-refractivity contribution in [2.24, 2.45) is 11.5 Å². The van der Waals surface area contributed by atoms with Crippen LogP contribution in [0.3, 0.4) is 0 Å². The van der Waals surface area contributed by atoms with Crippen LogP contribution in [0.25, 0.3) is 0 Å². The molecule has 64 valence electrons. The second-order valence-electron chi connectivity index (χ2n) is 2.68. The number of nitrogens with two attached hydrogens (primary N) is 2. The quantitative estimate of drug-likeness (QED) is 0.610. The van der Waals surface area contributed by atoms with Gasteiger partial charge < -0.3 is 11.5 Å². The summed E-state index contributed by atoms with van der Waals surface area (Å²) >= 11 is 0. The highest BCUT2D eigenvalue weighted by atomic mass is 14.7. The first-order valence-electron chi connectivity index (χ1n) is 4.03. The van der Waals surface area contributed by atoms with E-state index >= 15 is 0 Å². The van der Waals surface area contributed by atoms with Crippen molar-refractivity contribution in [3.63, 3.8) is 0 Å². The summed E-state index contributed by atoms with van der Waals surface area (Å²) in [6.07, 6.45) is 3.79. The Kier molecular flexibility index (Phi) is 4.42. The van der Waals surface area contributed by atoms with Gasteiger partial charge in [-0.1, -0.05) is 19.4 Å². The van der Waals surface area contributed by atoms with Gasteiger partial charge in [0.05, 0.1) is 5.70 Å². The summed E-state index contributed by atoms with van der Waals surface area (Å²) < 4.78 is 0. The Balaban J connectivity index is 4.37. The summed E-state index contributed by atoms with van der Waals surface area (Å²) in [5.41, 5.74) is 14.1. The van der Waals surface area contributed by atoms with Crippen molar-refractivity contribution in [3.05, 3.63) is 23.0 Å². The van der Waals surface area contributed by atoms with Gasteiger partial charge in [0, 0.05) is 5.70 Å². The minimum Gasteiger partial charge on any atom is -0.400 e. The fourth-order valence-corrected chi connectivity index (χ4v) is 0.664. The van der Waals surface area contributed by atoms with E-state index in [9.17, 15) is 0 Å². The van der Waals surface area contributed by atoms with E-state index in [1.807, 2.05) is 13.0 Å². The highest BCUT2D eigenvalue weighted by Gasteiger charge is 1.92. The molecule has 0 heterocycles. The van der Waals surface area contributed by atoms with Gasteiger partial charge >= 0.3 is 0 Å². The van der Waals surface area contributed by atoms with Crippen molar-refractivity contribution in [1.82, 2.24) is 0 Å². The predicted molar refractivity (Wildman–Crippen MR) is 49.7 cm³/mol. The van der Waals surface area contributed by atoms with E-state index < -0.39 is 0 Å². The Bertz CT molecular complexity index is 178. The highest BCUT2D eigenvalue weighted by Crippen LogP contribution is 2.04. The second-order valence-corrected chi connectivity index (χ2v) is 2.68. The number of hydrogen-bond donors (Lipinski definition) is 2. The summed E-state index contributed by atoms with van der Waals surface area (Å²) in [5, 5.41) is 0. The summed E-state index contributed by atoms with van der Waals surface area (Å²) in [4.78, 5) is 0. The SMILES string of the molecule is CC/C(C)=C\C(N)=C(\N)CC. The minimum absolute atomic E-state index is 0.715. The maximum atomic E-state index is 5.68. The lowest BCUT2D eigenvalue weighted by molar-refractivity contribution is 1.02. The molecule has 4 N–H and O–H groups in total. The van der Waals surface area contributed by atoms with E-state index in [0.717, 1.165) is 18.5 Å². The van der Waals surface area contributed by atoms with E-state index in [1.54, 1.807) is 0 Å². The van der Waals surface area contributed by atoms with Crippen molar-refractivity contribution >= 4 is 0 Å². The predicted octanol–water partition coefficient (Wildman–Crippen LogP) is 1.88. The zero-order valence-corrected chi connectivity index (χ0v) is 7.65. The van der Waals surface area contributed by atoms with Gasteiger partial charge in [0.15, 0.2) is 0 Å². The van der Waals surface area contributed by atoms with Gasteiger partial charge in [-0.2, -0.15) is 0 Å². The topological polar surface area (TPSA) is 52.0 Å². The van der Waals surface area contributed by atoms with Crippen LogP contribution in [0.5, 0.6) is 0 Å². The summed E-state index contributed by atoms with van der Waals surface area (Å²) in [7, 11) is 0. The molecule has 0 aliphatic carbocycles. The summed E-state index contributed by atoms with van der Waals surface area (Å²) in [6, 6.07) is 0. The van der Waals surface area contributed by atoms with Gasteiger partial charge in [-0.25, -0.2) is 0 Å². The molecule has 0 saturated heterocycles. The van der Waals surface area contributed by atoms with Crippen LogP contribution >= 0.6 is 0 Å². The third-order valence-electron chi connectivity index (χ3n) is 1.71. The van der Waals surface area contributed by atoms with E-state index in [0.29, 0.717) is 5.70 Å². The third-order valence-corrected chi connectivity index (χ3v) is 1.71. The molecular weight excluding hydrogens is 136 g/mol. The Labute approximate surface area is 69.0 Å². The van der Waals surface area contributed by atoms with E-state index in [2.05, 4.69) is 13.8 Å². The molecule has 0 bridgehead atoms. The van der Waals surface area contributed by atoms with Gasteiger partial charge in [-0.15, -0.1) is 0 Å². The lowest BCUT2D eigenvalue weighted by atomic mass is 10.1. The second kappa shape index (κ2) is 4.83. The average Bonchev–Trinajstić information content (AvgIpc) is 2.02. The van der Waals surface area contributed by atoms with E-state index in [1.165, 1.54) is 5.57 Å². The van der Waals surface area contributed by atoms with Crippen LogP contribution in [0.15, 0.2) is 23.0 Å². The zero-order chi connectivity index (χ0) is 8.85. The molecule has 0 fully saturated rings. The van der Waals surface area contributed by atoms with Crippen molar-refractivity contribution in [3.8, 4) is 0 Å². The molecular formula is C9H18N2. The number of rotatable bonds is 3. The Morgan fingerprint density at radius 3 is 2.09 bits per heavy atom. The van der Waals surface area contributed by atoms with Crippen molar-refractivity contribution in [1.29, 1.82) is 0 Å². The fraction of sp³-hybridized carbons (Fsp3) is 0.556. The maximum Gasteiger partial charge on any atom is 0.0504 e. The average molecular weight is 154 g/mol. The smallest absolute Gasteiger partial charge is 0.0504 e. The lowest BCUT2D eigenvalue weighted by Gasteiger charge is -2.01. The molecule has 0 aromatic rings. The maximum absolute atomic E-state index is 5.68. The lowest BCUT2D eigenvalue weighted by Crippen LogP contribution is -2.07. The summed E-state index contributed by atoms with van der Waals surface area (Å²) in [5.74, 6) is 0. The van der Waals surface area contributed by atoms with Crippen LogP contribution in [0.4, 0.5) is 0 Å². The van der Waals surface area contributed by atoms with Crippen LogP contribution < -0.4 is 11.5 Å². The van der Waals surface area contributed by atoms with Crippen molar-refractivity contribution < 1.29 is 0 Å². The molecule has 0 rings (SSSR count). The van der Waals surface area contributed by atoms with Gasteiger partial charge in [0.1, 0.15) is 0 Å². The van der Waals surface area contributed by atoms with Crippen LogP contribution in [0, 0.1) is 0 Å². The molecule has 11 heavy (non-hydrogen) atoms. The van der Waals surface area contributed by atoms with Gasteiger partial charge in [0.25, 0.3) is 0 Å². The number of allylic oxidation sites excluding steroid dienone is 3. The molecule has 0 aromatic heterocycles. The van der Waals surface area contributed by atoms with E-state index in [4.69, 9.17) is 11.5 Å². The molecule has 0 saturated carbocycles. The first-order valence-corrected chi connectivity index (χ1v) is 4.03. The largest absolute Gasteiger partial charge is 0.400 e. The molecule has 0 amide bonds. The van der Waals surface area contributed by atoms with Crippen LogP contribution in [0.1, 0.15) is 33.6 Å². The molecule has 0 aliphatic heterocycles. The molecule has 0 aliphatic rings. The minimum atomic E-state index is 0.715. The third kappa shape index (κ3) is 3.71. The first kappa shape index (κ1) is 10.1. The Morgan fingerprint density at radius 2 is 1.73 bits per heavy atom. The normalized spacial score (nSPS) is 14.6. The van der Waals surface area contributed by atoms with E-state index in [-0.39, 0.29) is 0 Å². The Hall–Kier alpha value is -0.920. The molecule has 2 nitrogen and oxygen atoms in total.